The summed E-state index contributed by atoms with van der Waals surface area (Å²) in [4.78, 5) is 12.8. The molecule has 0 saturated heterocycles. The maximum absolute atomic E-state index is 12.8. The molecule has 3 rings (SSSR count). The quantitative estimate of drug-likeness (QED) is 0.611. The first kappa shape index (κ1) is 19.3. The Balaban J connectivity index is 1.88. The number of halogens is 1. The number of aromatic amines is 1. The van der Waals surface area contributed by atoms with E-state index in [1.807, 2.05) is 43.5 Å². The van der Waals surface area contributed by atoms with Crippen LogP contribution in [0, 0.1) is 4.77 Å². The molecule has 1 amide bonds. The molecule has 0 aliphatic heterocycles. The number of nitrogens with zero attached hydrogens (tertiary/aromatic N) is 4. The van der Waals surface area contributed by atoms with E-state index in [1.54, 1.807) is 16.9 Å². The van der Waals surface area contributed by atoms with Crippen LogP contribution in [-0.4, -0.2) is 30.5 Å². The molecule has 1 aromatic carbocycles. The minimum Gasteiger partial charge on any atom is -0.345 e. The Labute approximate surface area is 167 Å². The number of nitrogens with one attached hydrogen (secondary N) is 2. The lowest BCUT2D eigenvalue weighted by molar-refractivity contribution is 0.0948. The van der Waals surface area contributed by atoms with Crippen LogP contribution in [0.15, 0.2) is 30.5 Å². The van der Waals surface area contributed by atoms with E-state index in [2.05, 4.69) is 20.6 Å². The Morgan fingerprint density at radius 2 is 2.19 bits per heavy atom. The second-order valence-corrected chi connectivity index (χ2v) is 7.18. The highest BCUT2D eigenvalue weighted by Gasteiger charge is 2.21. The lowest BCUT2D eigenvalue weighted by Crippen LogP contribution is -2.26. The van der Waals surface area contributed by atoms with E-state index in [9.17, 15) is 4.79 Å². The second kappa shape index (κ2) is 8.06. The lowest BCUT2D eigenvalue weighted by Gasteiger charge is -2.13. The van der Waals surface area contributed by atoms with Gasteiger partial charge in [-0.15, -0.1) is 0 Å². The fourth-order valence-electron chi connectivity index (χ4n) is 2.97. The summed E-state index contributed by atoms with van der Waals surface area (Å²) < 4.78 is 4.14. The van der Waals surface area contributed by atoms with Gasteiger partial charge in [-0.05, 0) is 43.3 Å². The molecule has 0 fully saturated rings. The van der Waals surface area contributed by atoms with Crippen LogP contribution in [0.3, 0.4) is 0 Å². The number of carbonyl (C=O) groups is 1. The third kappa shape index (κ3) is 3.96. The number of hydrogen-bond acceptors (Lipinski definition) is 4. The van der Waals surface area contributed by atoms with Crippen LogP contribution in [0.1, 0.15) is 48.6 Å². The van der Waals surface area contributed by atoms with Gasteiger partial charge in [-0.1, -0.05) is 31.5 Å². The van der Waals surface area contributed by atoms with E-state index in [4.69, 9.17) is 23.8 Å². The molecule has 7 nitrogen and oxygen atoms in total. The normalized spacial score (nSPS) is 11.1. The molecule has 3 aromatic rings. The van der Waals surface area contributed by atoms with Gasteiger partial charge in [0.2, 0.25) is 0 Å². The number of hydrogen-bond donors (Lipinski definition) is 2. The van der Waals surface area contributed by atoms with Crippen molar-refractivity contribution in [3.8, 4) is 5.69 Å². The molecule has 0 spiro atoms. The maximum atomic E-state index is 12.8. The zero-order chi connectivity index (χ0) is 19.6. The number of rotatable bonds is 6. The van der Waals surface area contributed by atoms with Crippen molar-refractivity contribution in [3.63, 3.8) is 0 Å². The minimum absolute atomic E-state index is 0.0948. The van der Waals surface area contributed by atoms with Crippen LogP contribution in [0.5, 0.6) is 0 Å². The molecule has 0 saturated carbocycles. The van der Waals surface area contributed by atoms with Crippen molar-refractivity contribution in [1.29, 1.82) is 0 Å². The Morgan fingerprint density at radius 1 is 1.41 bits per heavy atom. The maximum Gasteiger partial charge on any atom is 0.255 e. The molecule has 2 N–H and O–H groups in total. The Bertz CT molecular complexity index is 1020. The van der Waals surface area contributed by atoms with E-state index in [-0.39, 0.29) is 18.4 Å². The predicted molar refractivity (Wildman–Crippen MR) is 107 cm³/mol. The van der Waals surface area contributed by atoms with Crippen molar-refractivity contribution in [3.05, 3.63) is 57.3 Å². The van der Waals surface area contributed by atoms with Crippen LogP contribution in [-0.2, 0) is 13.1 Å². The average molecular weight is 405 g/mol. The molecule has 0 bridgehead atoms. The summed E-state index contributed by atoms with van der Waals surface area (Å²) in [5.41, 5.74) is 2.17. The molecule has 0 radical (unpaired) electrons. The van der Waals surface area contributed by atoms with E-state index >= 15 is 0 Å². The Morgan fingerprint density at radius 3 is 2.85 bits per heavy atom. The largest absolute Gasteiger partial charge is 0.345 e. The standard InChI is InChI=1S/C18H21ClN6OS/c1-4-24-15(22-23-18(24)27)10-20-17(26)14-9-21-25(16(14)11(2)3)13-7-5-6-12(19)8-13/h5-9,11H,4,10H2,1-3H3,(H,20,26)(H,23,27). The second-order valence-electron chi connectivity index (χ2n) is 6.36. The van der Waals surface area contributed by atoms with Crippen molar-refractivity contribution >= 4 is 29.7 Å². The molecule has 0 aliphatic carbocycles. The number of carbonyl (C=O) groups excluding carboxylic acids is 1. The van der Waals surface area contributed by atoms with E-state index in [0.717, 1.165) is 11.4 Å². The molecule has 0 atom stereocenters. The van der Waals surface area contributed by atoms with Gasteiger partial charge in [0.25, 0.3) is 5.91 Å². The summed E-state index contributed by atoms with van der Waals surface area (Å²) in [6.07, 6.45) is 1.59. The van der Waals surface area contributed by atoms with Gasteiger partial charge in [0.15, 0.2) is 10.6 Å². The summed E-state index contributed by atoms with van der Waals surface area (Å²) >= 11 is 11.3. The van der Waals surface area contributed by atoms with Crippen LogP contribution in [0.2, 0.25) is 5.02 Å². The molecule has 27 heavy (non-hydrogen) atoms. The van der Waals surface area contributed by atoms with Gasteiger partial charge in [-0.3, -0.25) is 9.89 Å². The fraction of sp³-hybridized carbons (Fsp3) is 0.333. The number of benzene rings is 1. The first-order valence-corrected chi connectivity index (χ1v) is 9.47. The van der Waals surface area contributed by atoms with Gasteiger partial charge >= 0.3 is 0 Å². The molecule has 2 heterocycles. The van der Waals surface area contributed by atoms with E-state index < -0.39 is 0 Å². The first-order valence-electron chi connectivity index (χ1n) is 8.68. The predicted octanol–water partition coefficient (Wildman–Crippen LogP) is 3.85. The molecule has 0 unspecified atom stereocenters. The van der Waals surface area contributed by atoms with Crippen LogP contribution >= 0.6 is 23.8 Å². The number of amides is 1. The zero-order valence-electron chi connectivity index (χ0n) is 15.4. The molecular formula is C18H21ClN6OS. The van der Waals surface area contributed by atoms with Gasteiger partial charge in [0.1, 0.15) is 0 Å². The smallest absolute Gasteiger partial charge is 0.255 e. The number of H-pyrrole nitrogens is 1. The molecule has 142 valence electrons. The first-order chi connectivity index (χ1) is 12.9. The van der Waals surface area contributed by atoms with Gasteiger partial charge in [0, 0.05) is 11.6 Å². The van der Waals surface area contributed by atoms with Crippen molar-refractivity contribution in [2.75, 3.05) is 0 Å². The third-order valence-electron chi connectivity index (χ3n) is 4.21. The van der Waals surface area contributed by atoms with Gasteiger partial charge in [-0.2, -0.15) is 10.2 Å². The van der Waals surface area contributed by atoms with Crippen molar-refractivity contribution in [1.82, 2.24) is 29.9 Å². The topological polar surface area (TPSA) is 80.5 Å². The monoisotopic (exact) mass is 404 g/mol. The van der Waals surface area contributed by atoms with Gasteiger partial charge in [-0.25, -0.2) is 4.68 Å². The lowest BCUT2D eigenvalue weighted by atomic mass is 10.1. The molecule has 0 aliphatic rings. The highest BCUT2D eigenvalue weighted by atomic mass is 35.5. The fourth-order valence-corrected chi connectivity index (χ4v) is 3.43. The van der Waals surface area contributed by atoms with Crippen molar-refractivity contribution < 1.29 is 4.79 Å². The van der Waals surface area contributed by atoms with Crippen LogP contribution in [0.4, 0.5) is 0 Å². The Kier molecular flexibility index (Phi) is 5.76. The summed E-state index contributed by atoms with van der Waals surface area (Å²) in [5.74, 6) is 0.574. The van der Waals surface area contributed by atoms with Gasteiger partial charge < -0.3 is 9.88 Å². The molecule has 2 aromatic heterocycles. The summed E-state index contributed by atoms with van der Waals surface area (Å²) in [6, 6.07) is 7.39. The SMILES string of the molecule is CCn1c(CNC(=O)c2cnn(-c3cccc(Cl)c3)c2C(C)C)n[nH]c1=S. The van der Waals surface area contributed by atoms with E-state index in [0.29, 0.717) is 27.7 Å². The van der Waals surface area contributed by atoms with Crippen LogP contribution < -0.4 is 5.32 Å². The summed E-state index contributed by atoms with van der Waals surface area (Å²) in [7, 11) is 0. The van der Waals surface area contributed by atoms with Crippen LogP contribution in [0.25, 0.3) is 5.69 Å². The van der Waals surface area contributed by atoms with E-state index in [1.165, 1.54) is 0 Å². The van der Waals surface area contributed by atoms with Gasteiger partial charge in [0.05, 0.1) is 29.7 Å². The zero-order valence-corrected chi connectivity index (χ0v) is 16.9. The third-order valence-corrected chi connectivity index (χ3v) is 4.76. The van der Waals surface area contributed by atoms with Crippen molar-refractivity contribution in [2.24, 2.45) is 0 Å². The number of aromatic nitrogens is 5. The summed E-state index contributed by atoms with van der Waals surface area (Å²) in [5, 5.41) is 14.9. The highest BCUT2D eigenvalue weighted by Crippen LogP contribution is 2.24. The Hall–Kier alpha value is -2.45. The highest BCUT2D eigenvalue weighted by molar-refractivity contribution is 7.71. The molecule has 9 heteroatoms. The van der Waals surface area contributed by atoms with Crippen molar-refractivity contribution in [2.45, 2.75) is 39.8 Å². The average Bonchev–Trinajstić information content (AvgIpc) is 3.23. The minimum atomic E-state index is -0.205. The molecular weight excluding hydrogens is 384 g/mol. The summed E-state index contributed by atoms with van der Waals surface area (Å²) in [6.45, 7) is 6.99.